The van der Waals surface area contributed by atoms with E-state index >= 15 is 0 Å². The summed E-state index contributed by atoms with van der Waals surface area (Å²) in [6.45, 7) is 1.94. The molecule has 0 atom stereocenters. The molecule has 0 amide bonds. The summed E-state index contributed by atoms with van der Waals surface area (Å²) in [5.74, 6) is 0. The molecule has 0 aliphatic heterocycles. The van der Waals surface area contributed by atoms with Crippen molar-refractivity contribution in [2.24, 2.45) is 0 Å². The summed E-state index contributed by atoms with van der Waals surface area (Å²) >= 11 is 0. The molecule has 0 saturated carbocycles. The third-order valence-corrected chi connectivity index (χ3v) is 1.88. The van der Waals surface area contributed by atoms with Gasteiger partial charge in [0.25, 0.3) is 6.33 Å². The zero-order valence-corrected chi connectivity index (χ0v) is 7.60. The van der Waals surface area contributed by atoms with Gasteiger partial charge >= 0.3 is 0 Å². The van der Waals surface area contributed by atoms with Gasteiger partial charge in [0.1, 0.15) is 11.6 Å². The van der Waals surface area contributed by atoms with Crippen molar-refractivity contribution in [2.45, 2.75) is 6.92 Å². The molecule has 68 valence electrons. The molecule has 0 saturated heterocycles. The van der Waals surface area contributed by atoms with Gasteiger partial charge in [0, 0.05) is 0 Å². The lowest BCUT2D eigenvalue weighted by Gasteiger charge is -1.96. The van der Waals surface area contributed by atoms with Crippen LogP contribution in [0, 0.1) is 18.3 Å². The number of aryl methyl sites for hydroxylation is 1. The van der Waals surface area contributed by atoms with Crippen molar-refractivity contribution >= 4 is 0 Å². The van der Waals surface area contributed by atoms with Crippen LogP contribution in [-0.4, -0.2) is 15.4 Å². The maximum atomic E-state index is 8.92. The van der Waals surface area contributed by atoms with Crippen molar-refractivity contribution in [3.05, 3.63) is 35.7 Å². The molecule has 1 heterocycles. The van der Waals surface area contributed by atoms with Crippen LogP contribution in [0.25, 0.3) is 5.69 Å². The Bertz CT molecular complexity index is 480. The van der Waals surface area contributed by atoms with Crippen LogP contribution in [-0.2, 0) is 0 Å². The van der Waals surface area contributed by atoms with Gasteiger partial charge in [0.05, 0.1) is 5.10 Å². The molecule has 0 aliphatic carbocycles. The van der Waals surface area contributed by atoms with Gasteiger partial charge < -0.3 is 0 Å². The van der Waals surface area contributed by atoms with Crippen molar-refractivity contribution in [2.75, 3.05) is 0 Å². The second kappa shape index (κ2) is 3.26. The zero-order chi connectivity index (χ0) is 9.97. The molecule has 14 heavy (non-hydrogen) atoms. The van der Waals surface area contributed by atoms with Crippen LogP contribution >= 0.6 is 0 Å². The van der Waals surface area contributed by atoms with Gasteiger partial charge in [-0.2, -0.15) is 5.26 Å². The summed E-state index contributed by atoms with van der Waals surface area (Å²) in [5.41, 5.74) is 2.33. The van der Waals surface area contributed by atoms with E-state index in [0.29, 0.717) is 11.3 Å². The van der Waals surface area contributed by atoms with E-state index in [1.807, 2.05) is 25.1 Å². The highest BCUT2D eigenvalue weighted by Gasteiger charge is 2.11. The van der Waals surface area contributed by atoms with Gasteiger partial charge in [-0.05, 0) is 39.7 Å². The second-order valence-electron chi connectivity index (χ2n) is 2.90. The van der Waals surface area contributed by atoms with Crippen molar-refractivity contribution in [3.8, 4) is 11.8 Å². The normalized spacial score (nSPS) is 9.71. The highest BCUT2D eigenvalue weighted by molar-refractivity contribution is 5.44. The number of hydrogen-bond acceptors (Lipinski definition) is 3. The first-order valence-electron chi connectivity index (χ1n) is 4.10. The van der Waals surface area contributed by atoms with E-state index in [0.717, 1.165) is 5.56 Å². The molecule has 2 rings (SSSR count). The topological polar surface area (TPSA) is 69.2 Å². The fraction of sp³-hybridized carbons (Fsp3) is 0.111. The highest BCUT2D eigenvalue weighted by atomic mass is 15.6. The van der Waals surface area contributed by atoms with E-state index in [1.54, 1.807) is 0 Å². The Hall–Kier alpha value is -2.22. The fourth-order valence-electron chi connectivity index (χ4n) is 1.22. The number of nitriles is 1. The minimum absolute atomic E-state index is 0.576. The molecule has 1 N–H and O–H groups in total. The number of tetrazole rings is 1. The Labute approximate surface area is 80.6 Å². The molecule has 0 bridgehead atoms. The zero-order valence-electron chi connectivity index (χ0n) is 7.60. The predicted molar refractivity (Wildman–Crippen MR) is 47.4 cm³/mol. The summed E-state index contributed by atoms with van der Waals surface area (Å²) in [5, 5.41) is 19.2. The number of rotatable bonds is 1. The molecule has 0 spiro atoms. The lowest BCUT2D eigenvalue weighted by atomic mass is 10.1. The second-order valence-corrected chi connectivity index (χ2v) is 2.90. The number of benzene rings is 1. The predicted octanol–water partition coefficient (Wildman–Crippen LogP) is 0.261. The Morgan fingerprint density at radius 1 is 1.50 bits per heavy atom. The largest absolute Gasteiger partial charge is 0.297 e. The van der Waals surface area contributed by atoms with Crippen LogP contribution in [0.4, 0.5) is 0 Å². The number of nitrogens with one attached hydrogen (secondary N) is 1. The van der Waals surface area contributed by atoms with Crippen LogP contribution in [0.2, 0.25) is 0 Å². The lowest BCUT2D eigenvalue weighted by Crippen LogP contribution is -2.37. The fourth-order valence-corrected chi connectivity index (χ4v) is 1.22. The van der Waals surface area contributed by atoms with Crippen LogP contribution in [0.5, 0.6) is 0 Å². The molecule has 0 fully saturated rings. The van der Waals surface area contributed by atoms with Crippen molar-refractivity contribution in [1.82, 2.24) is 15.4 Å². The van der Waals surface area contributed by atoms with Gasteiger partial charge in [-0.1, -0.05) is 6.07 Å². The van der Waals surface area contributed by atoms with E-state index in [-0.39, 0.29) is 0 Å². The summed E-state index contributed by atoms with van der Waals surface area (Å²) in [6, 6.07) is 7.68. The summed E-state index contributed by atoms with van der Waals surface area (Å²) < 4.78 is 0. The van der Waals surface area contributed by atoms with E-state index in [9.17, 15) is 0 Å². The van der Waals surface area contributed by atoms with Crippen LogP contribution in [0.1, 0.15) is 11.1 Å². The Morgan fingerprint density at radius 3 is 3.00 bits per heavy atom. The highest BCUT2D eigenvalue weighted by Crippen LogP contribution is 2.08. The Morgan fingerprint density at radius 2 is 2.36 bits per heavy atom. The average Bonchev–Trinajstić information content (AvgIpc) is 2.70. The average molecular weight is 186 g/mol. The molecular weight excluding hydrogens is 178 g/mol. The molecule has 5 heteroatoms. The molecule has 1 aromatic carbocycles. The molecule has 0 radical (unpaired) electrons. The first kappa shape index (κ1) is 8.38. The monoisotopic (exact) mass is 186 g/mol. The third-order valence-electron chi connectivity index (χ3n) is 1.88. The minimum Gasteiger partial charge on any atom is -0.192 e. The maximum Gasteiger partial charge on any atom is 0.297 e. The number of aromatic nitrogens is 4. The molecule has 5 nitrogen and oxygen atoms in total. The summed E-state index contributed by atoms with van der Waals surface area (Å²) in [7, 11) is 0. The van der Waals surface area contributed by atoms with Gasteiger partial charge in [-0.25, -0.2) is 0 Å². The van der Waals surface area contributed by atoms with Crippen LogP contribution in [0.15, 0.2) is 24.5 Å². The Kier molecular flexibility index (Phi) is 1.95. The SMILES string of the molecule is Cc1ccc(-[n+]2ncn[nH]2)c(C#N)c1. The van der Waals surface area contributed by atoms with E-state index in [1.165, 1.54) is 11.1 Å². The maximum absolute atomic E-state index is 8.92. The number of H-pyrrole nitrogens is 1. The van der Waals surface area contributed by atoms with Crippen LogP contribution < -0.4 is 4.80 Å². The Balaban J connectivity index is 2.60. The molecule has 1 aromatic heterocycles. The van der Waals surface area contributed by atoms with E-state index in [2.05, 4.69) is 21.5 Å². The third kappa shape index (κ3) is 1.33. The molecule has 0 unspecified atom stereocenters. The first-order valence-corrected chi connectivity index (χ1v) is 4.10. The summed E-state index contributed by atoms with van der Waals surface area (Å²) in [6.07, 6.45) is 1.39. The number of hydrogen-bond donors (Lipinski definition) is 1. The molecule has 2 aromatic rings. The van der Waals surface area contributed by atoms with Crippen LogP contribution in [0.3, 0.4) is 0 Å². The van der Waals surface area contributed by atoms with E-state index < -0.39 is 0 Å². The van der Waals surface area contributed by atoms with Crippen molar-refractivity contribution < 1.29 is 4.80 Å². The lowest BCUT2D eigenvalue weighted by molar-refractivity contribution is -0.717. The first-order chi connectivity index (χ1) is 6.81. The minimum atomic E-state index is 0.576. The van der Waals surface area contributed by atoms with Gasteiger partial charge in [-0.15, -0.1) is 0 Å². The van der Waals surface area contributed by atoms with Gasteiger partial charge in [-0.3, -0.25) is 0 Å². The van der Waals surface area contributed by atoms with Gasteiger partial charge in [0.15, 0.2) is 5.69 Å². The van der Waals surface area contributed by atoms with Crippen molar-refractivity contribution in [3.63, 3.8) is 0 Å². The standard InChI is InChI=1S/C9H7N5/c1-7-2-3-9(8(4-7)5-10)14-12-6-11-13-14/h2-4,6H,1H3/p+1. The summed E-state index contributed by atoms with van der Waals surface area (Å²) in [4.78, 5) is 1.46. The quantitative estimate of drug-likeness (QED) is 0.649. The number of nitrogens with zero attached hydrogens (tertiary/aromatic N) is 4. The molecular formula is C9H8N5+. The smallest absolute Gasteiger partial charge is 0.192 e. The van der Waals surface area contributed by atoms with E-state index in [4.69, 9.17) is 5.26 Å². The number of aromatic amines is 1. The van der Waals surface area contributed by atoms with Gasteiger partial charge in [0.2, 0.25) is 0 Å². The molecule has 0 aliphatic rings. The van der Waals surface area contributed by atoms with Crippen molar-refractivity contribution in [1.29, 1.82) is 5.26 Å².